The maximum Gasteiger partial charge on any atom is 0.125 e. The molecule has 0 radical (unpaired) electrons. The van der Waals surface area contributed by atoms with E-state index in [9.17, 15) is 9.18 Å². The van der Waals surface area contributed by atoms with Crippen LogP contribution in [-0.2, 0) is 4.79 Å². The summed E-state index contributed by atoms with van der Waals surface area (Å²) in [5.74, 6) is 5.25. The molecule has 0 heterocycles. The molecule has 0 saturated heterocycles. The van der Waals surface area contributed by atoms with E-state index in [-0.39, 0.29) is 5.82 Å². The third kappa shape index (κ3) is 3.71. The van der Waals surface area contributed by atoms with Gasteiger partial charge in [0.15, 0.2) is 0 Å². The van der Waals surface area contributed by atoms with Crippen LogP contribution in [0.15, 0.2) is 22.7 Å². The highest BCUT2D eigenvalue weighted by atomic mass is 79.9. The summed E-state index contributed by atoms with van der Waals surface area (Å²) in [5, 5.41) is 0. The molecule has 72 valence electrons. The van der Waals surface area contributed by atoms with Gasteiger partial charge in [0.25, 0.3) is 0 Å². The van der Waals surface area contributed by atoms with Gasteiger partial charge in [0.1, 0.15) is 12.1 Å². The van der Waals surface area contributed by atoms with Crippen LogP contribution in [0.3, 0.4) is 0 Å². The van der Waals surface area contributed by atoms with E-state index in [1.807, 2.05) is 0 Å². The van der Waals surface area contributed by atoms with Crippen molar-refractivity contribution < 1.29 is 9.18 Å². The Morgan fingerprint density at radius 2 is 2.21 bits per heavy atom. The van der Waals surface area contributed by atoms with Crippen LogP contribution in [0.2, 0.25) is 0 Å². The molecule has 0 N–H and O–H groups in total. The number of halogens is 2. The third-order valence-electron chi connectivity index (χ3n) is 1.48. The Labute approximate surface area is 90.4 Å². The van der Waals surface area contributed by atoms with Crippen molar-refractivity contribution in [2.24, 2.45) is 0 Å². The number of carbonyl (C=O) groups is 1. The van der Waals surface area contributed by atoms with Gasteiger partial charge < -0.3 is 4.79 Å². The lowest BCUT2D eigenvalue weighted by molar-refractivity contribution is -0.107. The monoisotopic (exact) mass is 254 g/mol. The molecule has 0 bridgehead atoms. The Bertz CT molecular complexity index is 370. The fraction of sp³-hybridized carbons (Fsp3) is 0.182. The van der Waals surface area contributed by atoms with E-state index >= 15 is 0 Å². The summed E-state index contributed by atoms with van der Waals surface area (Å²) in [7, 11) is 0. The SMILES string of the molecule is O=CCCC#Cc1cc(F)cc(Br)c1. The van der Waals surface area contributed by atoms with Gasteiger partial charge in [-0.05, 0) is 18.2 Å². The lowest BCUT2D eigenvalue weighted by Crippen LogP contribution is -1.79. The molecule has 14 heavy (non-hydrogen) atoms. The Morgan fingerprint density at radius 3 is 2.86 bits per heavy atom. The molecule has 0 aromatic heterocycles. The number of unbranched alkanes of at least 4 members (excludes halogenated alkanes) is 1. The molecule has 0 amide bonds. The molecule has 1 aromatic carbocycles. The van der Waals surface area contributed by atoms with Crippen molar-refractivity contribution in [3.05, 3.63) is 34.1 Å². The first-order valence-corrected chi connectivity index (χ1v) is 4.90. The highest BCUT2D eigenvalue weighted by Crippen LogP contribution is 2.13. The molecule has 1 rings (SSSR count). The fourth-order valence-corrected chi connectivity index (χ4v) is 1.39. The Balaban J connectivity index is 2.74. The Morgan fingerprint density at radius 1 is 1.43 bits per heavy atom. The van der Waals surface area contributed by atoms with Crippen molar-refractivity contribution in [2.45, 2.75) is 12.8 Å². The average molecular weight is 255 g/mol. The maximum absolute atomic E-state index is 12.8. The Kier molecular flexibility index (Phi) is 4.34. The minimum atomic E-state index is -0.320. The second-order valence-electron chi connectivity index (χ2n) is 2.67. The number of hydrogen-bond acceptors (Lipinski definition) is 1. The van der Waals surface area contributed by atoms with E-state index in [1.54, 1.807) is 6.07 Å². The predicted molar refractivity (Wildman–Crippen MR) is 56.3 cm³/mol. The van der Waals surface area contributed by atoms with E-state index < -0.39 is 0 Å². The van der Waals surface area contributed by atoms with Gasteiger partial charge in [-0.25, -0.2) is 4.39 Å². The van der Waals surface area contributed by atoms with Crippen molar-refractivity contribution in [3.63, 3.8) is 0 Å². The number of rotatable bonds is 2. The zero-order chi connectivity index (χ0) is 10.4. The van der Waals surface area contributed by atoms with E-state index in [4.69, 9.17) is 0 Å². The zero-order valence-corrected chi connectivity index (χ0v) is 8.97. The minimum Gasteiger partial charge on any atom is -0.303 e. The molecular weight excluding hydrogens is 247 g/mol. The Hall–Kier alpha value is -1.14. The lowest BCUT2D eigenvalue weighted by atomic mass is 10.2. The van der Waals surface area contributed by atoms with Gasteiger partial charge in [-0.15, -0.1) is 0 Å². The number of hydrogen-bond donors (Lipinski definition) is 0. The van der Waals surface area contributed by atoms with Gasteiger partial charge in [0.05, 0.1) is 0 Å². The lowest BCUT2D eigenvalue weighted by Gasteiger charge is -1.93. The molecule has 0 spiro atoms. The molecule has 1 aromatic rings. The maximum atomic E-state index is 12.8. The molecule has 3 heteroatoms. The molecule has 0 atom stereocenters. The molecule has 0 aliphatic rings. The van der Waals surface area contributed by atoms with E-state index in [0.29, 0.717) is 22.9 Å². The molecule has 0 saturated carbocycles. The molecule has 0 unspecified atom stereocenters. The van der Waals surface area contributed by atoms with Gasteiger partial charge in [-0.3, -0.25) is 0 Å². The summed E-state index contributed by atoms with van der Waals surface area (Å²) in [6, 6.07) is 4.46. The van der Waals surface area contributed by atoms with Gasteiger partial charge in [-0.2, -0.15) is 0 Å². The molecule has 0 fully saturated rings. The van der Waals surface area contributed by atoms with Gasteiger partial charge in [0, 0.05) is 22.9 Å². The number of carbonyl (C=O) groups excluding carboxylic acids is 1. The van der Waals surface area contributed by atoms with E-state index in [0.717, 1.165) is 6.29 Å². The van der Waals surface area contributed by atoms with Crippen molar-refractivity contribution in [1.82, 2.24) is 0 Å². The summed E-state index contributed by atoms with van der Waals surface area (Å²) >= 11 is 3.17. The van der Waals surface area contributed by atoms with Gasteiger partial charge >= 0.3 is 0 Å². The third-order valence-corrected chi connectivity index (χ3v) is 1.94. The van der Waals surface area contributed by atoms with Gasteiger partial charge in [-0.1, -0.05) is 27.8 Å². The summed E-state index contributed by atoms with van der Waals surface area (Å²) in [6.45, 7) is 0. The van der Waals surface area contributed by atoms with Crippen molar-refractivity contribution in [2.75, 3.05) is 0 Å². The number of aldehydes is 1. The smallest absolute Gasteiger partial charge is 0.125 e. The van der Waals surface area contributed by atoms with Crippen LogP contribution >= 0.6 is 15.9 Å². The summed E-state index contributed by atoms with van der Waals surface area (Å²) in [5.41, 5.74) is 0.614. The van der Waals surface area contributed by atoms with E-state index in [2.05, 4.69) is 27.8 Å². The van der Waals surface area contributed by atoms with Crippen LogP contribution < -0.4 is 0 Å². The van der Waals surface area contributed by atoms with Gasteiger partial charge in [0.2, 0.25) is 0 Å². The van der Waals surface area contributed by atoms with Crippen LogP contribution in [0.25, 0.3) is 0 Å². The van der Waals surface area contributed by atoms with Crippen molar-refractivity contribution in [1.29, 1.82) is 0 Å². The van der Waals surface area contributed by atoms with Crippen molar-refractivity contribution in [3.8, 4) is 11.8 Å². The fourth-order valence-electron chi connectivity index (χ4n) is 0.922. The largest absolute Gasteiger partial charge is 0.303 e. The standard InChI is InChI=1S/C11H8BrFO/c12-10-6-9(7-11(13)8-10)4-2-1-3-5-14/h5-8H,1,3H2. The van der Waals surface area contributed by atoms with Crippen molar-refractivity contribution >= 4 is 22.2 Å². The van der Waals surface area contributed by atoms with Crippen LogP contribution in [0, 0.1) is 17.7 Å². The molecular formula is C11H8BrFO. The predicted octanol–water partition coefficient (Wildman–Crippen LogP) is 2.92. The van der Waals surface area contributed by atoms with Crippen LogP contribution in [-0.4, -0.2) is 6.29 Å². The quantitative estimate of drug-likeness (QED) is 0.451. The summed E-state index contributed by atoms with van der Waals surface area (Å²) < 4.78 is 13.5. The highest BCUT2D eigenvalue weighted by molar-refractivity contribution is 9.10. The second-order valence-corrected chi connectivity index (χ2v) is 3.58. The first-order chi connectivity index (χ1) is 6.72. The van der Waals surface area contributed by atoms with E-state index in [1.165, 1.54) is 12.1 Å². The average Bonchev–Trinajstić information content (AvgIpc) is 2.11. The molecule has 1 nitrogen and oxygen atoms in total. The minimum absolute atomic E-state index is 0.320. The van der Waals surface area contributed by atoms with Crippen LogP contribution in [0.4, 0.5) is 4.39 Å². The summed E-state index contributed by atoms with van der Waals surface area (Å²) in [4.78, 5) is 9.99. The molecule has 0 aliphatic carbocycles. The first kappa shape index (κ1) is 10.9. The zero-order valence-electron chi connectivity index (χ0n) is 7.39. The first-order valence-electron chi connectivity index (χ1n) is 4.11. The summed E-state index contributed by atoms with van der Waals surface area (Å²) in [6.07, 6.45) is 1.75. The normalized spacial score (nSPS) is 9.00. The molecule has 0 aliphatic heterocycles. The highest BCUT2D eigenvalue weighted by Gasteiger charge is 1.95. The van der Waals surface area contributed by atoms with Crippen LogP contribution in [0.5, 0.6) is 0 Å². The van der Waals surface area contributed by atoms with Crippen LogP contribution in [0.1, 0.15) is 18.4 Å². The topological polar surface area (TPSA) is 17.1 Å². The second kappa shape index (κ2) is 5.56. The number of benzene rings is 1.